The summed E-state index contributed by atoms with van der Waals surface area (Å²) in [5.41, 5.74) is 1.15. The predicted octanol–water partition coefficient (Wildman–Crippen LogP) is 2.19. The van der Waals surface area contributed by atoms with Crippen molar-refractivity contribution >= 4 is 23.4 Å². The van der Waals surface area contributed by atoms with E-state index in [0.717, 1.165) is 50.0 Å². The van der Waals surface area contributed by atoms with E-state index in [4.69, 9.17) is 16.3 Å². The number of carbonyl (C=O) groups excluding carboxylic acids is 1. The molecule has 0 aliphatic carbocycles. The van der Waals surface area contributed by atoms with Crippen molar-refractivity contribution in [1.82, 2.24) is 14.7 Å². The molecule has 2 fully saturated rings. The van der Waals surface area contributed by atoms with Gasteiger partial charge in [-0.2, -0.15) is 0 Å². The zero-order valence-corrected chi connectivity index (χ0v) is 15.8. The maximum absolute atomic E-state index is 12.4. The second-order valence-electron chi connectivity index (χ2n) is 6.63. The Morgan fingerprint density at radius 3 is 2.44 bits per heavy atom. The number of anilines is 1. The van der Waals surface area contributed by atoms with Gasteiger partial charge in [-0.05, 0) is 38.2 Å². The second kappa shape index (κ2) is 8.25. The first kappa shape index (κ1) is 18.3. The van der Waals surface area contributed by atoms with Gasteiger partial charge in [-0.15, -0.1) is 0 Å². The van der Waals surface area contributed by atoms with Crippen molar-refractivity contribution in [2.45, 2.75) is 13.1 Å². The molecular weight excluding hydrogens is 340 g/mol. The van der Waals surface area contributed by atoms with Crippen LogP contribution in [0.3, 0.4) is 0 Å². The van der Waals surface area contributed by atoms with Gasteiger partial charge in [-0.3, -0.25) is 9.80 Å². The van der Waals surface area contributed by atoms with Crippen molar-refractivity contribution in [2.24, 2.45) is 0 Å². The lowest BCUT2D eigenvalue weighted by molar-refractivity contribution is 0.00310. The monoisotopic (exact) mass is 366 g/mol. The average Bonchev–Trinajstić information content (AvgIpc) is 2.63. The minimum absolute atomic E-state index is 0.0391. The number of rotatable bonds is 3. The van der Waals surface area contributed by atoms with Crippen LogP contribution in [0.1, 0.15) is 6.92 Å². The number of likely N-dealkylation sites (N-methyl/N-ethyl adjacent to an activating group) is 1. The first-order valence-corrected chi connectivity index (χ1v) is 9.33. The Labute approximate surface area is 154 Å². The summed E-state index contributed by atoms with van der Waals surface area (Å²) in [6.07, 6.45) is -0.167. The molecule has 0 radical (unpaired) electrons. The van der Waals surface area contributed by atoms with Gasteiger partial charge in [0.25, 0.3) is 0 Å². The summed E-state index contributed by atoms with van der Waals surface area (Å²) in [6.45, 7) is 8.48. The average molecular weight is 367 g/mol. The highest BCUT2D eigenvalue weighted by Gasteiger charge is 2.36. The van der Waals surface area contributed by atoms with E-state index in [9.17, 15) is 4.79 Å². The molecular formula is C18H27ClN4O2. The van der Waals surface area contributed by atoms with E-state index in [1.165, 1.54) is 0 Å². The summed E-state index contributed by atoms with van der Waals surface area (Å²) in [5.74, 6) is 0. The van der Waals surface area contributed by atoms with Gasteiger partial charge < -0.3 is 14.5 Å². The van der Waals surface area contributed by atoms with Crippen LogP contribution in [0.15, 0.2) is 24.3 Å². The van der Waals surface area contributed by atoms with Crippen molar-refractivity contribution < 1.29 is 9.53 Å². The molecule has 1 amide bonds. The van der Waals surface area contributed by atoms with E-state index in [-0.39, 0.29) is 12.3 Å². The number of hydrogen-bond donors (Lipinski definition) is 0. The van der Waals surface area contributed by atoms with Gasteiger partial charge in [-0.1, -0.05) is 11.6 Å². The number of piperazine rings is 2. The molecule has 1 unspecified atom stereocenters. The summed E-state index contributed by atoms with van der Waals surface area (Å²) < 4.78 is 5.29. The van der Waals surface area contributed by atoms with Gasteiger partial charge in [-0.25, -0.2) is 4.79 Å². The zero-order chi connectivity index (χ0) is 17.8. The van der Waals surface area contributed by atoms with Crippen LogP contribution >= 0.6 is 11.6 Å². The summed E-state index contributed by atoms with van der Waals surface area (Å²) in [7, 11) is 2.14. The van der Waals surface area contributed by atoms with E-state index >= 15 is 0 Å². The number of hydrogen-bond acceptors (Lipinski definition) is 5. The van der Waals surface area contributed by atoms with Crippen molar-refractivity contribution in [3.63, 3.8) is 0 Å². The molecule has 0 bridgehead atoms. The number of ether oxygens (including phenoxy) is 1. The molecule has 0 aromatic heterocycles. The van der Waals surface area contributed by atoms with Gasteiger partial charge in [0.1, 0.15) is 6.17 Å². The molecule has 3 rings (SSSR count). The molecule has 25 heavy (non-hydrogen) atoms. The summed E-state index contributed by atoms with van der Waals surface area (Å²) in [5, 5.41) is 0.740. The van der Waals surface area contributed by atoms with Crippen LogP contribution in [0.25, 0.3) is 0 Å². The fraction of sp³-hybridized carbons (Fsp3) is 0.611. The zero-order valence-electron chi connectivity index (χ0n) is 15.0. The van der Waals surface area contributed by atoms with E-state index in [2.05, 4.69) is 21.7 Å². The Bertz CT molecular complexity index is 575. The van der Waals surface area contributed by atoms with E-state index in [1.54, 1.807) is 0 Å². The molecule has 138 valence electrons. The largest absolute Gasteiger partial charge is 0.450 e. The SMILES string of the molecule is CCOC(=O)N1CCN(c2ccc(Cl)cc2)CC1N1CCN(C)CC1. The molecule has 2 heterocycles. The molecule has 0 saturated carbocycles. The third-order valence-electron chi connectivity index (χ3n) is 5.01. The number of carbonyl (C=O) groups is 1. The molecule has 0 spiro atoms. The van der Waals surface area contributed by atoms with E-state index in [0.29, 0.717) is 13.2 Å². The molecule has 2 aliphatic heterocycles. The highest BCUT2D eigenvalue weighted by molar-refractivity contribution is 6.30. The third kappa shape index (κ3) is 4.37. The first-order valence-electron chi connectivity index (χ1n) is 8.95. The predicted molar refractivity (Wildman–Crippen MR) is 100 cm³/mol. The Kier molecular flexibility index (Phi) is 6.04. The quantitative estimate of drug-likeness (QED) is 0.820. The van der Waals surface area contributed by atoms with Crippen LogP contribution in [-0.2, 0) is 4.74 Å². The Hall–Kier alpha value is -1.50. The highest BCUT2D eigenvalue weighted by atomic mass is 35.5. The number of nitrogens with zero attached hydrogens (tertiary/aromatic N) is 4. The van der Waals surface area contributed by atoms with Crippen LogP contribution in [0.4, 0.5) is 10.5 Å². The molecule has 1 aromatic carbocycles. The lowest BCUT2D eigenvalue weighted by Gasteiger charge is -2.48. The fourth-order valence-electron chi connectivity index (χ4n) is 3.50. The van der Waals surface area contributed by atoms with Crippen LogP contribution < -0.4 is 4.90 Å². The minimum atomic E-state index is -0.206. The Balaban J connectivity index is 1.75. The van der Waals surface area contributed by atoms with Crippen molar-refractivity contribution in [2.75, 3.05) is 64.4 Å². The maximum atomic E-state index is 12.4. The number of halogens is 1. The Morgan fingerprint density at radius 2 is 1.80 bits per heavy atom. The highest BCUT2D eigenvalue weighted by Crippen LogP contribution is 2.24. The summed E-state index contributed by atoms with van der Waals surface area (Å²) >= 11 is 6.01. The van der Waals surface area contributed by atoms with Crippen LogP contribution in [-0.4, -0.2) is 86.4 Å². The van der Waals surface area contributed by atoms with Gasteiger partial charge in [0.15, 0.2) is 0 Å². The standard InChI is InChI=1S/C18H27ClN4O2/c1-3-25-18(24)23-13-12-22(16-6-4-15(19)5-7-16)14-17(23)21-10-8-20(2)9-11-21/h4-7,17H,3,8-14H2,1-2H3. The van der Waals surface area contributed by atoms with E-state index < -0.39 is 0 Å². The van der Waals surface area contributed by atoms with Gasteiger partial charge >= 0.3 is 6.09 Å². The van der Waals surface area contributed by atoms with Gasteiger partial charge in [0, 0.05) is 50.0 Å². The fourth-order valence-corrected chi connectivity index (χ4v) is 3.63. The van der Waals surface area contributed by atoms with Crippen LogP contribution in [0.2, 0.25) is 5.02 Å². The third-order valence-corrected chi connectivity index (χ3v) is 5.26. The van der Waals surface area contributed by atoms with Crippen LogP contribution in [0, 0.1) is 0 Å². The molecule has 2 saturated heterocycles. The van der Waals surface area contributed by atoms with E-state index in [1.807, 2.05) is 36.1 Å². The molecule has 6 nitrogen and oxygen atoms in total. The normalized spacial score (nSPS) is 22.9. The molecule has 0 N–H and O–H groups in total. The second-order valence-corrected chi connectivity index (χ2v) is 7.07. The van der Waals surface area contributed by atoms with Gasteiger partial charge in [0.2, 0.25) is 0 Å². The van der Waals surface area contributed by atoms with Crippen LogP contribution in [0.5, 0.6) is 0 Å². The molecule has 2 aliphatic rings. The number of amides is 1. The molecule has 1 aromatic rings. The Morgan fingerprint density at radius 1 is 1.12 bits per heavy atom. The van der Waals surface area contributed by atoms with Crippen molar-refractivity contribution in [3.8, 4) is 0 Å². The number of benzene rings is 1. The van der Waals surface area contributed by atoms with Crippen molar-refractivity contribution in [1.29, 1.82) is 0 Å². The minimum Gasteiger partial charge on any atom is -0.450 e. The van der Waals surface area contributed by atoms with Gasteiger partial charge in [0.05, 0.1) is 13.2 Å². The molecule has 7 heteroatoms. The summed E-state index contributed by atoms with van der Waals surface area (Å²) in [6, 6.07) is 7.92. The first-order chi connectivity index (χ1) is 12.1. The lowest BCUT2D eigenvalue weighted by Crippen LogP contribution is -2.64. The molecule has 1 atom stereocenters. The lowest BCUT2D eigenvalue weighted by atomic mass is 10.2. The maximum Gasteiger partial charge on any atom is 0.411 e. The smallest absolute Gasteiger partial charge is 0.411 e. The topological polar surface area (TPSA) is 39.3 Å². The summed E-state index contributed by atoms with van der Waals surface area (Å²) in [4.78, 5) is 21.4. The van der Waals surface area contributed by atoms with Crippen molar-refractivity contribution in [3.05, 3.63) is 29.3 Å².